The quantitative estimate of drug-likeness (QED) is 0.786. The molecule has 1 atom stereocenters. The minimum absolute atomic E-state index is 0.277. The third-order valence-corrected chi connectivity index (χ3v) is 4.96. The van der Waals surface area contributed by atoms with Crippen molar-refractivity contribution in [1.29, 1.82) is 0 Å². The number of methoxy groups -OCH3 is 2. The van der Waals surface area contributed by atoms with Crippen LogP contribution in [0.2, 0.25) is 0 Å². The van der Waals surface area contributed by atoms with Crippen LogP contribution in [0.1, 0.15) is 26.1 Å². The Balaban J connectivity index is 2.02. The summed E-state index contributed by atoms with van der Waals surface area (Å²) in [4.78, 5) is 2.39. The molecule has 1 fully saturated rings. The first kappa shape index (κ1) is 17.6. The van der Waals surface area contributed by atoms with Crippen molar-refractivity contribution in [2.75, 3.05) is 40.5 Å². The van der Waals surface area contributed by atoms with Crippen molar-refractivity contribution in [2.45, 2.75) is 25.8 Å². The lowest BCUT2D eigenvalue weighted by atomic mass is 9.94. The van der Waals surface area contributed by atoms with Crippen LogP contribution >= 0.6 is 0 Å². The molecule has 0 spiro atoms. The number of benzene rings is 1. The highest BCUT2D eigenvalue weighted by molar-refractivity contribution is 5.48. The number of hydrogen-bond donors (Lipinski definition) is 0. The molecule has 0 bridgehead atoms. The fourth-order valence-electron chi connectivity index (χ4n) is 3.23. The zero-order valence-electron chi connectivity index (χ0n) is 15.2. The Morgan fingerprint density at radius 1 is 1.16 bits per heavy atom. The minimum atomic E-state index is -0.277. The summed E-state index contributed by atoms with van der Waals surface area (Å²) >= 11 is 0. The topological polar surface area (TPSA) is 74.5 Å². The van der Waals surface area contributed by atoms with Gasteiger partial charge in [-0.15, -0.1) is 5.10 Å². The summed E-state index contributed by atoms with van der Waals surface area (Å²) in [6.45, 7) is 7.53. The van der Waals surface area contributed by atoms with Crippen LogP contribution in [0.5, 0.6) is 11.5 Å². The molecule has 1 unspecified atom stereocenters. The minimum Gasteiger partial charge on any atom is -0.493 e. The summed E-state index contributed by atoms with van der Waals surface area (Å²) in [5.41, 5.74) is 0.561. The predicted octanol–water partition coefficient (Wildman–Crippen LogP) is 1.64. The van der Waals surface area contributed by atoms with E-state index in [-0.39, 0.29) is 5.54 Å². The van der Waals surface area contributed by atoms with Crippen LogP contribution in [0.3, 0.4) is 0 Å². The summed E-state index contributed by atoms with van der Waals surface area (Å²) in [5, 5.41) is 12.5. The van der Waals surface area contributed by atoms with E-state index in [1.165, 1.54) is 0 Å². The van der Waals surface area contributed by atoms with Crippen molar-refractivity contribution in [3.8, 4) is 17.2 Å². The lowest BCUT2D eigenvalue weighted by Crippen LogP contribution is -2.50. The fraction of sp³-hybridized carbons (Fsp3) is 0.588. The first-order valence-corrected chi connectivity index (χ1v) is 8.48. The third kappa shape index (κ3) is 3.19. The van der Waals surface area contributed by atoms with Gasteiger partial charge in [0.15, 0.2) is 17.3 Å². The van der Waals surface area contributed by atoms with Gasteiger partial charge >= 0.3 is 0 Å². The number of hydrogen-bond acceptors (Lipinski definition) is 7. The molecule has 25 heavy (non-hydrogen) atoms. The largest absolute Gasteiger partial charge is 0.493 e. The summed E-state index contributed by atoms with van der Waals surface area (Å²) in [6.07, 6.45) is 0.890. The number of tetrazole rings is 1. The van der Waals surface area contributed by atoms with Crippen molar-refractivity contribution in [3.05, 3.63) is 24.0 Å². The van der Waals surface area contributed by atoms with Crippen LogP contribution in [-0.4, -0.2) is 65.6 Å². The summed E-state index contributed by atoms with van der Waals surface area (Å²) < 4.78 is 18.0. The lowest BCUT2D eigenvalue weighted by Gasteiger charge is -2.41. The van der Waals surface area contributed by atoms with Crippen LogP contribution < -0.4 is 9.47 Å². The van der Waals surface area contributed by atoms with E-state index in [9.17, 15) is 0 Å². The molecule has 136 valence electrons. The third-order valence-electron chi connectivity index (χ3n) is 4.96. The van der Waals surface area contributed by atoms with Crippen LogP contribution in [0.15, 0.2) is 18.2 Å². The zero-order chi connectivity index (χ0) is 17.9. The van der Waals surface area contributed by atoms with Crippen molar-refractivity contribution in [1.82, 2.24) is 25.1 Å². The van der Waals surface area contributed by atoms with Crippen molar-refractivity contribution in [2.24, 2.45) is 0 Å². The Kier molecular flexibility index (Phi) is 5.19. The van der Waals surface area contributed by atoms with E-state index in [4.69, 9.17) is 14.2 Å². The van der Waals surface area contributed by atoms with Gasteiger partial charge in [0.05, 0.1) is 38.7 Å². The highest BCUT2D eigenvalue weighted by Crippen LogP contribution is 2.34. The molecule has 3 rings (SSSR count). The molecular formula is C17H25N5O3. The SMILES string of the molecule is CCC(C)(c1nnnn1-c1ccc(OC)c(OC)c1)N1CCOCC1. The summed E-state index contributed by atoms with van der Waals surface area (Å²) in [5.74, 6) is 2.13. The van der Waals surface area contributed by atoms with Gasteiger partial charge in [0, 0.05) is 19.2 Å². The highest BCUT2D eigenvalue weighted by Gasteiger charge is 2.38. The van der Waals surface area contributed by atoms with Crippen LogP contribution in [-0.2, 0) is 10.3 Å². The van der Waals surface area contributed by atoms with E-state index < -0.39 is 0 Å². The van der Waals surface area contributed by atoms with Gasteiger partial charge in [0.25, 0.3) is 0 Å². The number of morpholine rings is 1. The number of aromatic nitrogens is 4. The smallest absolute Gasteiger partial charge is 0.176 e. The Hall–Kier alpha value is -2.19. The Bertz CT molecular complexity index is 714. The molecule has 0 aliphatic carbocycles. The first-order valence-electron chi connectivity index (χ1n) is 8.48. The average molecular weight is 347 g/mol. The maximum atomic E-state index is 5.50. The van der Waals surface area contributed by atoms with Crippen molar-refractivity contribution >= 4 is 0 Å². The maximum Gasteiger partial charge on any atom is 0.176 e. The Morgan fingerprint density at radius 3 is 2.52 bits per heavy atom. The zero-order valence-corrected chi connectivity index (χ0v) is 15.2. The standard InChI is InChI=1S/C17H25N5O3/c1-5-17(2,21-8-10-25-11-9-21)16-18-19-20-22(16)13-6-7-14(23-3)15(12-13)24-4/h6-7,12H,5,8-11H2,1-4H3. The van der Waals surface area contributed by atoms with E-state index in [2.05, 4.69) is 34.3 Å². The van der Waals surface area contributed by atoms with Gasteiger partial charge in [-0.3, -0.25) is 4.90 Å². The van der Waals surface area contributed by atoms with Crippen LogP contribution in [0.4, 0.5) is 0 Å². The molecule has 0 radical (unpaired) electrons. The van der Waals surface area contributed by atoms with Gasteiger partial charge < -0.3 is 14.2 Å². The van der Waals surface area contributed by atoms with Crippen molar-refractivity contribution in [3.63, 3.8) is 0 Å². The van der Waals surface area contributed by atoms with E-state index >= 15 is 0 Å². The van der Waals surface area contributed by atoms with Crippen LogP contribution in [0, 0.1) is 0 Å². The lowest BCUT2D eigenvalue weighted by molar-refractivity contribution is -0.0240. The number of rotatable bonds is 6. The fourth-order valence-corrected chi connectivity index (χ4v) is 3.23. The van der Waals surface area contributed by atoms with Gasteiger partial charge in [-0.05, 0) is 35.9 Å². The molecule has 1 aromatic heterocycles. The molecule has 8 nitrogen and oxygen atoms in total. The highest BCUT2D eigenvalue weighted by atomic mass is 16.5. The Morgan fingerprint density at radius 2 is 1.88 bits per heavy atom. The number of ether oxygens (including phenoxy) is 3. The molecule has 1 aliphatic heterocycles. The molecule has 2 heterocycles. The van der Waals surface area contributed by atoms with E-state index in [0.29, 0.717) is 11.5 Å². The van der Waals surface area contributed by atoms with Gasteiger partial charge in [-0.1, -0.05) is 6.92 Å². The molecule has 8 heteroatoms. The summed E-state index contributed by atoms with van der Waals surface area (Å²) in [7, 11) is 3.23. The average Bonchev–Trinajstić information content (AvgIpc) is 3.18. The van der Waals surface area contributed by atoms with E-state index in [0.717, 1.165) is 44.2 Å². The van der Waals surface area contributed by atoms with Gasteiger partial charge in [-0.25, -0.2) is 0 Å². The molecule has 2 aromatic rings. The van der Waals surface area contributed by atoms with E-state index in [1.807, 2.05) is 18.2 Å². The predicted molar refractivity (Wildman–Crippen MR) is 92.3 cm³/mol. The van der Waals surface area contributed by atoms with Gasteiger partial charge in [-0.2, -0.15) is 4.68 Å². The molecule has 1 aromatic carbocycles. The van der Waals surface area contributed by atoms with Gasteiger partial charge in [0.2, 0.25) is 0 Å². The maximum absolute atomic E-state index is 5.50. The monoisotopic (exact) mass is 347 g/mol. The molecule has 1 saturated heterocycles. The second kappa shape index (κ2) is 7.37. The normalized spacial score (nSPS) is 17.9. The Labute approximate surface area is 147 Å². The van der Waals surface area contributed by atoms with Crippen molar-refractivity contribution < 1.29 is 14.2 Å². The number of nitrogens with zero attached hydrogens (tertiary/aromatic N) is 5. The second-order valence-corrected chi connectivity index (χ2v) is 6.18. The van der Waals surface area contributed by atoms with Gasteiger partial charge in [0.1, 0.15) is 0 Å². The first-order chi connectivity index (χ1) is 12.1. The van der Waals surface area contributed by atoms with E-state index in [1.54, 1.807) is 18.9 Å². The second-order valence-electron chi connectivity index (χ2n) is 6.18. The van der Waals surface area contributed by atoms with Crippen LogP contribution in [0.25, 0.3) is 5.69 Å². The molecular weight excluding hydrogens is 322 g/mol. The molecule has 1 aliphatic rings. The molecule has 0 amide bonds. The molecule has 0 N–H and O–H groups in total. The summed E-state index contributed by atoms with van der Waals surface area (Å²) in [6, 6.07) is 5.67. The molecule has 0 saturated carbocycles.